The molecule has 1 aromatic rings. The molecule has 0 unspecified atom stereocenters. The molecule has 0 atom stereocenters. The average Bonchev–Trinajstić information content (AvgIpc) is 2.31. The van der Waals surface area contributed by atoms with Gasteiger partial charge in [0.1, 0.15) is 5.75 Å². The van der Waals surface area contributed by atoms with Gasteiger partial charge in [-0.05, 0) is 43.0 Å². The molecule has 90 valence electrons. The minimum Gasteiger partial charge on any atom is -0.494 e. The van der Waals surface area contributed by atoms with Crippen LogP contribution in [-0.2, 0) is 6.54 Å². The second-order valence-corrected chi connectivity index (χ2v) is 4.44. The molecule has 0 aliphatic rings. The Morgan fingerprint density at radius 3 is 2.75 bits per heavy atom. The van der Waals surface area contributed by atoms with Crippen molar-refractivity contribution in [3.05, 3.63) is 28.2 Å². The topological polar surface area (TPSA) is 55.5 Å². The molecule has 3 N–H and O–H groups in total. The van der Waals surface area contributed by atoms with Crippen LogP contribution in [0.15, 0.2) is 22.7 Å². The lowest BCUT2D eigenvalue weighted by Crippen LogP contribution is -2.01. The van der Waals surface area contributed by atoms with Crippen molar-refractivity contribution < 1.29 is 9.84 Å². The number of hydrogen-bond donors (Lipinski definition) is 2. The summed E-state index contributed by atoms with van der Waals surface area (Å²) in [4.78, 5) is 0. The zero-order valence-electron chi connectivity index (χ0n) is 9.29. The number of hydrogen-bond acceptors (Lipinski definition) is 3. The van der Waals surface area contributed by atoms with Crippen LogP contribution >= 0.6 is 15.9 Å². The predicted octanol–water partition coefficient (Wildman–Crippen LogP) is 2.45. The number of unbranched alkanes of at least 4 members (excludes halogenated alkanes) is 2. The first-order valence-corrected chi connectivity index (χ1v) is 6.29. The van der Waals surface area contributed by atoms with Crippen LogP contribution in [0.25, 0.3) is 0 Å². The molecule has 0 bridgehead atoms. The summed E-state index contributed by atoms with van der Waals surface area (Å²) in [6.07, 6.45) is 2.81. The van der Waals surface area contributed by atoms with Gasteiger partial charge in [-0.3, -0.25) is 0 Å². The molecule has 0 aromatic heterocycles. The monoisotopic (exact) mass is 287 g/mol. The fraction of sp³-hybridized carbons (Fsp3) is 0.500. The Balaban J connectivity index is 2.36. The maximum Gasteiger partial charge on any atom is 0.119 e. The van der Waals surface area contributed by atoms with Gasteiger partial charge in [-0.2, -0.15) is 0 Å². The van der Waals surface area contributed by atoms with E-state index in [1.54, 1.807) is 0 Å². The summed E-state index contributed by atoms with van der Waals surface area (Å²) in [6, 6.07) is 5.83. The fourth-order valence-electron chi connectivity index (χ4n) is 1.38. The fourth-order valence-corrected chi connectivity index (χ4v) is 1.79. The minimum atomic E-state index is 0.260. The van der Waals surface area contributed by atoms with E-state index in [4.69, 9.17) is 15.6 Å². The van der Waals surface area contributed by atoms with Gasteiger partial charge in [0, 0.05) is 17.6 Å². The van der Waals surface area contributed by atoms with Crippen LogP contribution in [0, 0.1) is 0 Å². The smallest absolute Gasteiger partial charge is 0.119 e. The second-order valence-electron chi connectivity index (χ2n) is 3.59. The third kappa shape index (κ3) is 4.51. The Kier molecular flexibility index (Phi) is 6.45. The third-order valence-electron chi connectivity index (χ3n) is 2.31. The lowest BCUT2D eigenvalue weighted by molar-refractivity contribution is 0.266. The van der Waals surface area contributed by atoms with Crippen molar-refractivity contribution in [2.24, 2.45) is 5.73 Å². The molecule has 0 saturated carbocycles. The molecule has 1 aromatic carbocycles. The second kappa shape index (κ2) is 7.65. The van der Waals surface area contributed by atoms with E-state index in [9.17, 15) is 0 Å². The highest BCUT2D eigenvalue weighted by Gasteiger charge is 2.00. The lowest BCUT2D eigenvalue weighted by Gasteiger charge is -2.08. The predicted molar refractivity (Wildman–Crippen MR) is 68.5 cm³/mol. The molecule has 0 aliphatic carbocycles. The summed E-state index contributed by atoms with van der Waals surface area (Å²) in [5, 5.41) is 8.62. The van der Waals surface area contributed by atoms with Gasteiger partial charge in [0.15, 0.2) is 0 Å². The lowest BCUT2D eigenvalue weighted by atomic mass is 10.2. The highest BCUT2D eigenvalue weighted by molar-refractivity contribution is 9.10. The maximum absolute atomic E-state index is 8.62. The molecule has 16 heavy (non-hydrogen) atoms. The van der Waals surface area contributed by atoms with E-state index < -0.39 is 0 Å². The van der Waals surface area contributed by atoms with Gasteiger partial charge in [0.25, 0.3) is 0 Å². The van der Waals surface area contributed by atoms with E-state index in [1.807, 2.05) is 18.2 Å². The normalized spacial score (nSPS) is 10.4. The number of aliphatic hydroxyl groups excluding tert-OH is 1. The number of rotatable bonds is 7. The quantitative estimate of drug-likeness (QED) is 0.758. The number of nitrogens with two attached hydrogens (primary N) is 1. The molecule has 4 heteroatoms. The molecule has 0 spiro atoms. The summed E-state index contributed by atoms with van der Waals surface area (Å²) in [6.45, 7) is 1.45. The first-order valence-electron chi connectivity index (χ1n) is 5.50. The Morgan fingerprint density at radius 2 is 2.06 bits per heavy atom. The van der Waals surface area contributed by atoms with Crippen LogP contribution < -0.4 is 10.5 Å². The molecule has 0 heterocycles. The van der Waals surface area contributed by atoms with Crippen molar-refractivity contribution in [1.82, 2.24) is 0 Å². The highest BCUT2D eigenvalue weighted by atomic mass is 79.9. The minimum absolute atomic E-state index is 0.260. The van der Waals surface area contributed by atoms with Gasteiger partial charge in [0.2, 0.25) is 0 Å². The van der Waals surface area contributed by atoms with Gasteiger partial charge in [-0.1, -0.05) is 15.9 Å². The van der Waals surface area contributed by atoms with Gasteiger partial charge in [-0.25, -0.2) is 0 Å². The summed E-state index contributed by atoms with van der Waals surface area (Å²) in [7, 11) is 0. The van der Waals surface area contributed by atoms with Crippen LogP contribution in [0.1, 0.15) is 24.8 Å². The van der Waals surface area contributed by atoms with E-state index in [1.165, 1.54) is 0 Å². The Morgan fingerprint density at radius 1 is 1.25 bits per heavy atom. The number of halogens is 1. The van der Waals surface area contributed by atoms with Crippen LogP contribution in [0.3, 0.4) is 0 Å². The van der Waals surface area contributed by atoms with Crippen molar-refractivity contribution in [2.45, 2.75) is 25.8 Å². The molecule has 0 saturated heterocycles. The van der Waals surface area contributed by atoms with Crippen LogP contribution in [0.4, 0.5) is 0 Å². The molecular formula is C12H18BrNO2. The highest BCUT2D eigenvalue weighted by Crippen LogP contribution is 2.22. The zero-order chi connectivity index (χ0) is 11.8. The van der Waals surface area contributed by atoms with Crippen molar-refractivity contribution >= 4 is 15.9 Å². The van der Waals surface area contributed by atoms with Gasteiger partial charge >= 0.3 is 0 Å². The van der Waals surface area contributed by atoms with E-state index in [-0.39, 0.29) is 6.61 Å². The summed E-state index contributed by atoms with van der Waals surface area (Å²) in [5.74, 6) is 0.854. The molecular weight excluding hydrogens is 270 g/mol. The number of ether oxygens (including phenoxy) is 1. The summed E-state index contributed by atoms with van der Waals surface area (Å²) < 4.78 is 6.61. The summed E-state index contributed by atoms with van der Waals surface area (Å²) >= 11 is 3.43. The molecule has 3 nitrogen and oxygen atoms in total. The van der Waals surface area contributed by atoms with Crippen LogP contribution in [0.5, 0.6) is 5.75 Å². The van der Waals surface area contributed by atoms with Crippen molar-refractivity contribution in [3.8, 4) is 5.75 Å². The molecule has 0 amide bonds. The molecule has 0 fully saturated rings. The average molecular weight is 288 g/mol. The number of benzene rings is 1. The van der Waals surface area contributed by atoms with Gasteiger partial charge < -0.3 is 15.6 Å². The van der Waals surface area contributed by atoms with E-state index in [0.29, 0.717) is 13.2 Å². The first kappa shape index (κ1) is 13.5. The van der Waals surface area contributed by atoms with Crippen molar-refractivity contribution in [1.29, 1.82) is 0 Å². The number of aliphatic hydroxyl groups is 1. The van der Waals surface area contributed by atoms with Gasteiger partial charge in [0.05, 0.1) is 6.61 Å². The van der Waals surface area contributed by atoms with E-state index in [2.05, 4.69) is 15.9 Å². The Bertz CT molecular complexity index is 318. The van der Waals surface area contributed by atoms with E-state index in [0.717, 1.165) is 35.0 Å². The first-order chi connectivity index (χ1) is 7.77. The Labute approximate surface area is 105 Å². The largest absolute Gasteiger partial charge is 0.494 e. The SMILES string of the molecule is NCc1cc(OCCCCCO)ccc1Br. The maximum atomic E-state index is 8.62. The van der Waals surface area contributed by atoms with Crippen LogP contribution in [0.2, 0.25) is 0 Å². The Hall–Kier alpha value is -0.580. The summed E-state index contributed by atoms with van der Waals surface area (Å²) in [5.41, 5.74) is 6.65. The molecule has 0 radical (unpaired) electrons. The molecule has 0 aliphatic heterocycles. The van der Waals surface area contributed by atoms with E-state index >= 15 is 0 Å². The third-order valence-corrected chi connectivity index (χ3v) is 3.08. The molecule has 1 rings (SSSR count). The van der Waals surface area contributed by atoms with Gasteiger partial charge in [-0.15, -0.1) is 0 Å². The van der Waals surface area contributed by atoms with Crippen LogP contribution in [-0.4, -0.2) is 18.3 Å². The standard InChI is InChI=1S/C12H18BrNO2/c13-12-5-4-11(8-10(12)9-14)16-7-3-1-2-6-15/h4-5,8,15H,1-3,6-7,9,14H2. The van der Waals surface area contributed by atoms with Crippen molar-refractivity contribution in [2.75, 3.05) is 13.2 Å². The zero-order valence-corrected chi connectivity index (χ0v) is 10.9. The van der Waals surface area contributed by atoms with Crippen molar-refractivity contribution in [3.63, 3.8) is 0 Å².